The minimum atomic E-state index is -2.37. The van der Waals surface area contributed by atoms with Gasteiger partial charge in [0.15, 0.2) is 11.5 Å². The van der Waals surface area contributed by atoms with E-state index in [4.69, 9.17) is 23.3 Å². The molecule has 0 saturated carbocycles. The van der Waals surface area contributed by atoms with Gasteiger partial charge in [-0.1, -0.05) is 7.43 Å². The molecule has 3 heterocycles. The number of methoxy groups -OCH3 is 1. The molecule has 148 valence electrons. The quantitative estimate of drug-likeness (QED) is 0.732. The predicted molar refractivity (Wildman–Crippen MR) is 111 cm³/mol. The third-order valence-corrected chi connectivity index (χ3v) is 5.39. The van der Waals surface area contributed by atoms with Crippen molar-refractivity contribution in [1.29, 1.82) is 0 Å². The van der Waals surface area contributed by atoms with E-state index in [1.54, 1.807) is 0 Å². The summed E-state index contributed by atoms with van der Waals surface area (Å²) in [5.41, 5.74) is 4.07. The average molecular weight is 384 g/mol. The molecule has 1 atom stereocenters. The standard InChI is InChI=1S/C21H23N3O3.CH4/c1-24-17-6-4-14(25-2)12-16(17)15-5-8-20(23-21(15)24)22-13-3-7-18-19(11-13)27-10-9-26-18;/h3,5,7-8,11,14H,4,6,9-10,12H2,1-2H3,(H,22,23);1H4/i2D3;. The topological polar surface area (TPSA) is 57.5 Å². The lowest BCUT2D eigenvalue weighted by Gasteiger charge is -2.21. The number of ether oxygens (including phenoxy) is 3. The summed E-state index contributed by atoms with van der Waals surface area (Å²) in [7, 11) is -0.362. The Kier molecular flexibility index (Phi) is 4.00. The van der Waals surface area contributed by atoms with Crippen molar-refractivity contribution < 1.29 is 18.3 Å². The van der Waals surface area contributed by atoms with Gasteiger partial charge in [0, 0.05) is 43.3 Å². The van der Waals surface area contributed by atoms with Gasteiger partial charge in [0.25, 0.3) is 0 Å². The maximum absolute atomic E-state index is 7.38. The van der Waals surface area contributed by atoms with E-state index in [-0.39, 0.29) is 13.5 Å². The Balaban J connectivity index is 0.00000231. The largest absolute Gasteiger partial charge is 0.486 e. The molecule has 0 saturated heterocycles. The normalized spacial score (nSPS) is 19.8. The molecule has 0 radical (unpaired) electrons. The van der Waals surface area contributed by atoms with Gasteiger partial charge in [0.1, 0.15) is 24.7 Å². The summed E-state index contributed by atoms with van der Waals surface area (Å²) >= 11 is 0. The van der Waals surface area contributed by atoms with Gasteiger partial charge in [-0.2, -0.15) is 0 Å². The van der Waals surface area contributed by atoms with E-state index >= 15 is 0 Å². The maximum Gasteiger partial charge on any atom is 0.163 e. The number of hydrogen-bond donors (Lipinski definition) is 1. The number of fused-ring (bicyclic) bond motifs is 4. The van der Waals surface area contributed by atoms with Crippen LogP contribution in [0, 0.1) is 0 Å². The number of hydrogen-bond acceptors (Lipinski definition) is 5. The Morgan fingerprint density at radius 3 is 2.93 bits per heavy atom. The predicted octanol–water partition coefficient (Wildman–Crippen LogP) is 4.23. The molecule has 2 aliphatic rings. The van der Waals surface area contributed by atoms with Crippen LogP contribution in [0.4, 0.5) is 11.5 Å². The average Bonchev–Trinajstić information content (AvgIpc) is 2.98. The van der Waals surface area contributed by atoms with Crippen LogP contribution in [0.25, 0.3) is 11.0 Å². The van der Waals surface area contributed by atoms with Crippen molar-refractivity contribution in [1.82, 2.24) is 9.55 Å². The Morgan fingerprint density at radius 1 is 1.21 bits per heavy atom. The summed E-state index contributed by atoms with van der Waals surface area (Å²) in [6, 6.07) is 9.72. The zero-order valence-corrected chi connectivity index (χ0v) is 15.1. The minimum absolute atomic E-state index is 0. The van der Waals surface area contributed by atoms with E-state index in [2.05, 4.69) is 9.88 Å². The number of rotatable bonds is 3. The summed E-state index contributed by atoms with van der Waals surface area (Å²) < 4.78 is 40.7. The first-order valence-electron chi connectivity index (χ1n) is 10.7. The van der Waals surface area contributed by atoms with E-state index in [9.17, 15) is 0 Å². The van der Waals surface area contributed by atoms with Crippen molar-refractivity contribution in [2.24, 2.45) is 7.05 Å². The lowest BCUT2D eigenvalue weighted by atomic mass is 9.93. The Bertz CT molecular complexity index is 1110. The van der Waals surface area contributed by atoms with Gasteiger partial charge < -0.3 is 24.1 Å². The molecule has 5 rings (SSSR count). The molecule has 0 bridgehead atoms. The minimum Gasteiger partial charge on any atom is -0.486 e. The summed E-state index contributed by atoms with van der Waals surface area (Å²) in [5.74, 6) is 2.20. The fraction of sp³-hybridized carbons (Fsp3) is 0.409. The molecular weight excluding hydrogens is 354 g/mol. The van der Waals surface area contributed by atoms with Gasteiger partial charge in [0.05, 0.1) is 10.2 Å². The smallest absolute Gasteiger partial charge is 0.163 e. The molecule has 28 heavy (non-hydrogen) atoms. The number of benzene rings is 1. The van der Waals surface area contributed by atoms with E-state index in [1.807, 2.05) is 37.4 Å². The van der Waals surface area contributed by atoms with Gasteiger partial charge in [-0.15, -0.1) is 0 Å². The molecule has 3 aromatic rings. The third-order valence-electron chi connectivity index (χ3n) is 5.39. The molecule has 1 unspecified atom stereocenters. The highest BCUT2D eigenvalue weighted by atomic mass is 16.6. The second-order valence-corrected chi connectivity index (χ2v) is 7.02. The van der Waals surface area contributed by atoms with Crippen LogP contribution in [0.5, 0.6) is 11.5 Å². The first-order valence-corrected chi connectivity index (χ1v) is 9.19. The first-order chi connectivity index (χ1) is 14.4. The lowest BCUT2D eigenvalue weighted by Crippen LogP contribution is -2.21. The van der Waals surface area contributed by atoms with Gasteiger partial charge in [-0.05, 0) is 42.7 Å². The zero-order valence-electron chi connectivity index (χ0n) is 18.1. The fourth-order valence-corrected chi connectivity index (χ4v) is 4.04. The number of aromatic nitrogens is 2. The second kappa shape index (κ2) is 7.36. The molecule has 1 aliphatic heterocycles. The highest BCUT2D eigenvalue weighted by molar-refractivity contribution is 5.84. The lowest BCUT2D eigenvalue weighted by molar-refractivity contribution is 0.0908. The van der Waals surface area contributed by atoms with Crippen molar-refractivity contribution in [3.05, 3.63) is 41.6 Å². The Morgan fingerprint density at radius 2 is 2.07 bits per heavy atom. The van der Waals surface area contributed by atoms with Crippen LogP contribution in [0.2, 0.25) is 0 Å². The van der Waals surface area contributed by atoms with Crippen LogP contribution in [0.15, 0.2) is 30.3 Å². The third kappa shape index (κ3) is 3.07. The summed E-state index contributed by atoms with van der Waals surface area (Å²) in [4.78, 5) is 4.81. The van der Waals surface area contributed by atoms with E-state index in [1.165, 1.54) is 5.69 Å². The van der Waals surface area contributed by atoms with Crippen LogP contribution >= 0.6 is 0 Å². The first kappa shape index (κ1) is 15.2. The van der Waals surface area contributed by atoms with E-state index in [0.717, 1.165) is 46.0 Å². The van der Waals surface area contributed by atoms with Crippen molar-refractivity contribution in [3.63, 3.8) is 0 Å². The second-order valence-electron chi connectivity index (χ2n) is 7.02. The van der Waals surface area contributed by atoms with Crippen molar-refractivity contribution >= 4 is 22.5 Å². The number of pyridine rings is 1. The summed E-state index contributed by atoms with van der Waals surface area (Å²) in [6.07, 6.45) is 1.75. The van der Waals surface area contributed by atoms with Gasteiger partial charge in [-0.25, -0.2) is 4.98 Å². The van der Waals surface area contributed by atoms with Crippen molar-refractivity contribution in [3.8, 4) is 11.5 Å². The zero-order chi connectivity index (χ0) is 20.9. The molecular formula is C22H27N3O3. The SMILES string of the molecule is C.[2H]C([2H])([2H])OC1CCc2c(c3ccc(Nc4ccc5c(c4)OCCO5)nc3n2C)C1. The molecule has 6 heteroatoms. The van der Waals surface area contributed by atoms with E-state index < -0.39 is 7.04 Å². The number of anilines is 2. The Labute approximate surface area is 169 Å². The van der Waals surface area contributed by atoms with Gasteiger partial charge >= 0.3 is 0 Å². The number of nitrogens with one attached hydrogen (secondary N) is 1. The van der Waals surface area contributed by atoms with Crippen LogP contribution in [-0.4, -0.2) is 35.9 Å². The van der Waals surface area contributed by atoms with Crippen LogP contribution < -0.4 is 14.8 Å². The molecule has 1 aliphatic carbocycles. The maximum atomic E-state index is 7.38. The van der Waals surface area contributed by atoms with Crippen molar-refractivity contribution in [2.75, 3.05) is 25.6 Å². The molecule has 1 aromatic carbocycles. The van der Waals surface area contributed by atoms with Crippen LogP contribution in [0.1, 0.15) is 29.2 Å². The van der Waals surface area contributed by atoms with Crippen LogP contribution in [-0.2, 0) is 24.6 Å². The number of aryl methyl sites for hydroxylation is 1. The molecule has 1 N–H and O–H groups in total. The van der Waals surface area contributed by atoms with Gasteiger partial charge in [0.2, 0.25) is 0 Å². The van der Waals surface area contributed by atoms with Crippen LogP contribution in [0.3, 0.4) is 0 Å². The summed E-state index contributed by atoms with van der Waals surface area (Å²) in [5, 5.41) is 4.38. The molecule has 6 nitrogen and oxygen atoms in total. The highest BCUT2D eigenvalue weighted by Gasteiger charge is 2.25. The number of nitrogens with zero attached hydrogens (tertiary/aromatic N) is 2. The highest BCUT2D eigenvalue weighted by Crippen LogP contribution is 2.35. The molecule has 0 amide bonds. The fourth-order valence-electron chi connectivity index (χ4n) is 4.04. The summed E-state index contributed by atoms with van der Waals surface area (Å²) in [6.45, 7) is 1.11. The molecule has 2 aromatic heterocycles. The van der Waals surface area contributed by atoms with E-state index in [0.29, 0.717) is 26.1 Å². The van der Waals surface area contributed by atoms with Crippen molar-refractivity contribution in [2.45, 2.75) is 32.8 Å². The Hall–Kier alpha value is -2.73. The monoisotopic (exact) mass is 384 g/mol. The van der Waals surface area contributed by atoms with Gasteiger partial charge in [-0.3, -0.25) is 0 Å². The molecule has 0 spiro atoms. The molecule has 0 fully saturated rings.